The second-order valence-electron chi connectivity index (χ2n) is 8.00. The van der Waals surface area contributed by atoms with Crippen molar-refractivity contribution in [2.45, 2.75) is 19.3 Å². The number of benzene rings is 2. The zero-order valence-electron chi connectivity index (χ0n) is 18.7. The first-order valence-corrected chi connectivity index (χ1v) is 11.1. The van der Waals surface area contributed by atoms with Gasteiger partial charge in [0.1, 0.15) is 6.61 Å². The Kier molecular flexibility index (Phi) is 6.87. The monoisotopic (exact) mass is 459 g/mol. The molecule has 1 aliphatic rings. The topological polar surface area (TPSA) is 118 Å². The Morgan fingerprint density at radius 3 is 2.26 bits per heavy atom. The average Bonchev–Trinajstić information content (AvgIpc) is 3.17. The van der Waals surface area contributed by atoms with E-state index >= 15 is 0 Å². The van der Waals surface area contributed by atoms with Crippen molar-refractivity contribution in [2.24, 2.45) is 5.92 Å². The van der Waals surface area contributed by atoms with Crippen LogP contribution in [-0.2, 0) is 9.53 Å². The molecule has 34 heavy (non-hydrogen) atoms. The Morgan fingerprint density at radius 1 is 1.00 bits per heavy atom. The highest BCUT2D eigenvalue weighted by molar-refractivity contribution is 6.01. The highest BCUT2D eigenvalue weighted by atomic mass is 16.5. The van der Waals surface area contributed by atoms with Crippen LogP contribution in [0.4, 0.5) is 10.5 Å². The van der Waals surface area contributed by atoms with Crippen LogP contribution >= 0.6 is 0 Å². The number of aliphatic carboxylic acids is 1. The SMILES string of the molecule is CCC(CNC(=O)c1ncccc1NC(=O)OCC1c2ccccc2-c2ccccc21)C(=O)O. The highest BCUT2D eigenvalue weighted by Gasteiger charge is 2.29. The van der Waals surface area contributed by atoms with Gasteiger partial charge in [-0.15, -0.1) is 0 Å². The maximum Gasteiger partial charge on any atom is 0.411 e. The molecule has 1 aromatic heterocycles. The summed E-state index contributed by atoms with van der Waals surface area (Å²) in [4.78, 5) is 40.4. The van der Waals surface area contributed by atoms with E-state index in [-0.39, 0.29) is 30.5 Å². The molecule has 8 nitrogen and oxygen atoms in total. The van der Waals surface area contributed by atoms with Crippen molar-refractivity contribution in [3.8, 4) is 11.1 Å². The molecule has 3 aromatic rings. The Balaban J connectivity index is 1.42. The summed E-state index contributed by atoms with van der Waals surface area (Å²) < 4.78 is 5.54. The average molecular weight is 460 g/mol. The molecule has 0 aliphatic heterocycles. The molecule has 0 spiro atoms. The molecule has 2 aromatic carbocycles. The van der Waals surface area contributed by atoms with E-state index in [1.807, 2.05) is 36.4 Å². The molecule has 4 rings (SSSR count). The first kappa shape index (κ1) is 23.0. The first-order chi connectivity index (χ1) is 16.5. The number of anilines is 1. The zero-order chi connectivity index (χ0) is 24.1. The van der Waals surface area contributed by atoms with Crippen LogP contribution in [0.3, 0.4) is 0 Å². The van der Waals surface area contributed by atoms with Crippen molar-refractivity contribution in [3.05, 3.63) is 83.7 Å². The maximum atomic E-state index is 12.6. The number of hydrogen-bond donors (Lipinski definition) is 3. The lowest BCUT2D eigenvalue weighted by Gasteiger charge is -2.16. The van der Waals surface area contributed by atoms with E-state index in [0.717, 1.165) is 22.3 Å². The van der Waals surface area contributed by atoms with Gasteiger partial charge in [-0.1, -0.05) is 55.5 Å². The molecule has 0 saturated carbocycles. The number of carboxylic acid groups (broad SMARTS) is 1. The molecule has 0 radical (unpaired) electrons. The Labute approximate surface area is 197 Å². The Bertz CT molecular complexity index is 1180. The third-order valence-corrected chi connectivity index (χ3v) is 5.95. The van der Waals surface area contributed by atoms with Crippen molar-refractivity contribution in [3.63, 3.8) is 0 Å². The molecule has 0 saturated heterocycles. The Morgan fingerprint density at radius 2 is 1.65 bits per heavy atom. The van der Waals surface area contributed by atoms with Crippen LogP contribution in [0.25, 0.3) is 11.1 Å². The summed E-state index contributed by atoms with van der Waals surface area (Å²) in [6.45, 7) is 1.83. The van der Waals surface area contributed by atoms with Gasteiger partial charge in [-0.25, -0.2) is 9.78 Å². The molecule has 0 bridgehead atoms. The van der Waals surface area contributed by atoms with E-state index in [1.54, 1.807) is 13.0 Å². The number of pyridine rings is 1. The molecule has 2 amide bonds. The van der Waals surface area contributed by atoms with Crippen LogP contribution in [0.1, 0.15) is 40.9 Å². The summed E-state index contributed by atoms with van der Waals surface area (Å²) in [5.74, 6) is -2.35. The van der Waals surface area contributed by atoms with Gasteiger partial charge >= 0.3 is 12.1 Å². The van der Waals surface area contributed by atoms with E-state index in [4.69, 9.17) is 9.84 Å². The number of amides is 2. The van der Waals surface area contributed by atoms with Crippen LogP contribution in [0, 0.1) is 5.92 Å². The van der Waals surface area contributed by atoms with Gasteiger partial charge in [-0.05, 0) is 40.8 Å². The maximum absolute atomic E-state index is 12.6. The Hall–Kier alpha value is -4.20. The second kappa shape index (κ2) is 10.2. The van der Waals surface area contributed by atoms with Crippen LogP contribution in [0.5, 0.6) is 0 Å². The number of ether oxygens (including phenoxy) is 1. The lowest BCUT2D eigenvalue weighted by Crippen LogP contribution is -2.33. The predicted octanol–water partition coefficient (Wildman–Crippen LogP) is 4.28. The molecule has 3 N–H and O–H groups in total. The van der Waals surface area contributed by atoms with Crippen LogP contribution in [0.15, 0.2) is 66.9 Å². The summed E-state index contributed by atoms with van der Waals surface area (Å²) in [6, 6.07) is 19.2. The molecular formula is C26H25N3O5. The van der Waals surface area contributed by atoms with E-state index in [0.29, 0.717) is 6.42 Å². The fraction of sp³-hybridized carbons (Fsp3) is 0.231. The van der Waals surface area contributed by atoms with Gasteiger partial charge in [0.15, 0.2) is 5.69 Å². The third kappa shape index (κ3) is 4.76. The van der Waals surface area contributed by atoms with Crippen molar-refractivity contribution in [1.29, 1.82) is 0 Å². The van der Waals surface area contributed by atoms with Gasteiger partial charge in [0.25, 0.3) is 5.91 Å². The summed E-state index contributed by atoms with van der Waals surface area (Å²) in [5.41, 5.74) is 4.62. The van der Waals surface area contributed by atoms with E-state index in [1.165, 1.54) is 12.3 Å². The van der Waals surface area contributed by atoms with Crippen molar-refractivity contribution in [1.82, 2.24) is 10.3 Å². The lowest BCUT2D eigenvalue weighted by atomic mass is 9.98. The quantitative estimate of drug-likeness (QED) is 0.463. The van der Waals surface area contributed by atoms with Gasteiger partial charge in [-0.2, -0.15) is 0 Å². The number of fused-ring (bicyclic) bond motifs is 3. The van der Waals surface area contributed by atoms with E-state index in [9.17, 15) is 14.4 Å². The number of carboxylic acids is 1. The predicted molar refractivity (Wildman–Crippen MR) is 127 cm³/mol. The van der Waals surface area contributed by atoms with Crippen molar-refractivity contribution in [2.75, 3.05) is 18.5 Å². The molecule has 1 atom stereocenters. The number of hydrogen-bond acceptors (Lipinski definition) is 5. The number of carbonyl (C=O) groups is 3. The normalized spacial score (nSPS) is 12.9. The van der Waals surface area contributed by atoms with E-state index in [2.05, 4.69) is 27.8 Å². The standard InChI is InChI=1S/C26H25N3O5/c1-2-16(25(31)32)14-28-24(30)23-22(12-7-13-27-23)29-26(33)34-15-21-19-10-5-3-8-17(19)18-9-4-6-11-20(18)21/h3-13,16,21H,2,14-15H2,1H3,(H,28,30)(H,29,33)(H,31,32). The number of nitrogens with zero attached hydrogens (tertiary/aromatic N) is 1. The minimum Gasteiger partial charge on any atom is -0.481 e. The fourth-order valence-corrected chi connectivity index (χ4v) is 4.14. The minimum absolute atomic E-state index is 0.0174. The van der Waals surface area contributed by atoms with Crippen molar-refractivity contribution < 1.29 is 24.2 Å². The molecule has 1 unspecified atom stereocenters. The number of nitrogens with one attached hydrogen (secondary N) is 2. The van der Waals surface area contributed by atoms with Gasteiger partial charge in [0.05, 0.1) is 11.6 Å². The molecular weight excluding hydrogens is 434 g/mol. The molecule has 0 fully saturated rings. The van der Waals surface area contributed by atoms with Crippen molar-refractivity contribution >= 4 is 23.7 Å². The zero-order valence-corrected chi connectivity index (χ0v) is 18.7. The second-order valence-corrected chi connectivity index (χ2v) is 8.00. The fourth-order valence-electron chi connectivity index (χ4n) is 4.14. The number of rotatable bonds is 8. The van der Waals surface area contributed by atoms with Gasteiger partial charge < -0.3 is 15.2 Å². The van der Waals surface area contributed by atoms with Gasteiger partial charge in [0.2, 0.25) is 0 Å². The summed E-state index contributed by atoms with van der Waals surface area (Å²) >= 11 is 0. The highest BCUT2D eigenvalue weighted by Crippen LogP contribution is 2.44. The van der Waals surface area contributed by atoms with Crippen LogP contribution in [-0.4, -0.2) is 41.2 Å². The summed E-state index contributed by atoms with van der Waals surface area (Å²) in [6.07, 6.45) is 1.09. The summed E-state index contributed by atoms with van der Waals surface area (Å²) in [7, 11) is 0. The largest absolute Gasteiger partial charge is 0.481 e. The van der Waals surface area contributed by atoms with Gasteiger partial charge in [0, 0.05) is 18.7 Å². The molecule has 8 heteroatoms. The molecule has 174 valence electrons. The van der Waals surface area contributed by atoms with Crippen LogP contribution in [0.2, 0.25) is 0 Å². The minimum atomic E-state index is -0.985. The van der Waals surface area contributed by atoms with E-state index < -0.39 is 23.9 Å². The van der Waals surface area contributed by atoms with Gasteiger partial charge in [-0.3, -0.25) is 14.9 Å². The lowest BCUT2D eigenvalue weighted by molar-refractivity contribution is -0.141. The number of carbonyl (C=O) groups excluding carboxylic acids is 2. The number of aromatic nitrogens is 1. The third-order valence-electron chi connectivity index (χ3n) is 5.95. The van der Waals surface area contributed by atoms with Crippen LogP contribution < -0.4 is 10.6 Å². The molecule has 1 aliphatic carbocycles. The first-order valence-electron chi connectivity index (χ1n) is 11.1. The smallest absolute Gasteiger partial charge is 0.411 e. The summed E-state index contributed by atoms with van der Waals surface area (Å²) in [5, 5.41) is 14.3. The molecule has 1 heterocycles.